The number of nitrogens with zero attached hydrogens (tertiary/aromatic N) is 5. The predicted octanol–water partition coefficient (Wildman–Crippen LogP) is 2.54. The molecule has 3 aromatic rings. The van der Waals surface area contributed by atoms with E-state index in [-0.39, 0.29) is 5.78 Å². The Morgan fingerprint density at radius 2 is 2.18 bits per heavy atom. The van der Waals surface area contributed by atoms with E-state index in [4.69, 9.17) is 0 Å². The van der Waals surface area contributed by atoms with Crippen molar-refractivity contribution in [1.82, 2.24) is 24.1 Å². The van der Waals surface area contributed by atoms with Crippen LogP contribution in [0.3, 0.4) is 0 Å². The second-order valence-electron chi connectivity index (χ2n) is 5.00. The molecular weight excluding hydrogens is 298 g/mol. The highest BCUT2D eigenvalue weighted by Crippen LogP contribution is 2.20. The first-order valence-electron chi connectivity index (χ1n) is 7.10. The number of carbonyl (C=O) groups excluding carboxylic acids is 1. The number of rotatable bonds is 5. The van der Waals surface area contributed by atoms with Crippen molar-refractivity contribution in [3.63, 3.8) is 0 Å². The molecule has 0 bridgehead atoms. The lowest BCUT2D eigenvalue weighted by atomic mass is 10.2. The van der Waals surface area contributed by atoms with Gasteiger partial charge in [0.1, 0.15) is 0 Å². The minimum absolute atomic E-state index is 0.101. The second kappa shape index (κ2) is 5.92. The van der Waals surface area contributed by atoms with Gasteiger partial charge in [0, 0.05) is 35.9 Å². The molecule has 3 heterocycles. The van der Waals surface area contributed by atoms with Gasteiger partial charge in [-0.25, -0.2) is 9.50 Å². The summed E-state index contributed by atoms with van der Waals surface area (Å²) in [6.45, 7) is 6.96. The van der Waals surface area contributed by atoms with Crippen LogP contribution in [0.4, 0.5) is 0 Å². The molecule has 0 fully saturated rings. The Balaban J connectivity index is 1.74. The largest absolute Gasteiger partial charge is 0.349 e. The van der Waals surface area contributed by atoms with E-state index in [9.17, 15) is 4.79 Å². The average Bonchev–Trinajstić information content (AvgIpc) is 3.05. The van der Waals surface area contributed by atoms with Crippen LogP contribution in [0.2, 0.25) is 0 Å². The third-order valence-corrected chi connectivity index (χ3v) is 4.46. The van der Waals surface area contributed by atoms with E-state index in [1.165, 1.54) is 11.8 Å². The summed E-state index contributed by atoms with van der Waals surface area (Å²) in [6.07, 6.45) is 3.46. The smallest absolute Gasteiger partial charge is 0.253 e. The molecule has 0 saturated carbocycles. The molecule has 22 heavy (non-hydrogen) atoms. The molecule has 0 N–H and O–H groups in total. The number of hydrogen-bond donors (Lipinski definition) is 0. The number of Topliss-reactive ketones (excluding diaryl/α,β-unsaturated/α-hetero) is 1. The fourth-order valence-electron chi connectivity index (χ4n) is 2.55. The van der Waals surface area contributed by atoms with Crippen LogP contribution >= 0.6 is 11.8 Å². The number of hydrogen-bond acceptors (Lipinski definition) is 5. The van der Waals surface area contributed by atoms with E-state index in [0.717, 1.165) is 23.5 Å². The highest BCUT2D eigenvalue weighted by atomic mass is 32.2. The van der Waals surface area contributed by atoms with Gasteiger partial charge in [-0.2, -0.15) is 4.98 Å². The Labute approximate surface area is 132 Å². The van der Waals surface area contributed by atoms with Crippen LogP contribution in [-0.4, -0.2) is 35.7 Å². The maximum Gasteiger partial charge on any atom is 0.253 e. The molecule has 0 aliphatic rings. The standard InChI is InChI=1S/C15H17N5OS/c1-4-19-10(2)8-12(11(19)3)13(21)9-22-15-17-14-16-6-5-7-20(14)18-15/h5-8H,4,9H2,1-3H3. The Hall–Kier alpha value is -2.15. The first-order chi connectivity index (χ1) is 10.6. The van der Waals surface area contributed by atoms with E-state index in [1.807, 2.05) is 19.9 Å². The van der Waals surface area contributed by atoms with Gasteiger partial charge in [0.05, 0.1) is 5.75 Å². The zero-order chi connectivity index (χ0) is 15.7. The third-order valence-electron chi connectivity index (χ3n) is 3.62. The Kier molecular flexibility index (Phi) is 3.98. The van der Waals surface area contributed by atoms with E-state index in [1.54, 1.807) is 23.0 Å². The van der Waals surface area contributed by atoms with Crippen LogP contribution in [0.5, 0.6) is 0 Å². The summed E-state index contributed by atoms with van der Waals surface area (Å²) in [7, 11) is 0. The van der Waals surface area contributed by atoms with Gasteiger partial charge in [0.25, 0.3) is 5.78 Å². The molecule has 0 amide bonds. The number of aryl methyl sites for hydroxylation is 1. The van der Waals surface area contributed by atoms with Crippen molar-refractivity contribution < 1.29 is 4.79 Å². The van der Waals surface area contributed by atoms with Crippen LogP contribution in [0.1, 0.15) is 28.7 Å². The van der Waals surface area contributed by atoms with Crippen molar-refractivity contribution in [1.29, 1.82) is 0 Å². The number of fused-ring (bicyclic) bond motifs is 1. The van der Waals surface area contributed by atoms with Crippen molar-refractivity contribution in [3.8, 4) is 0 Å². The van der Waals surface area contributed by atoms with Gasteiger partial charge in [-0.05, 0) is 32.9 Å². The monoisotopic (exact) mass is 315 g/mol. The number of thioether (sulfide) groups is 1. The molecule has 0 aromatic carbocycles. The van der Waals surface area contributed by atoms with Gasteiger partial charge < -0.3 is 4.57 Å². The van der Waals surface area contributed by atoms with Gasteiger partial charge in [-0.3, -0.25) is 4.79 Å². The SMILES string of the molecule is CCn1c(C)cc(C(=O)CSc2nc3ncccn3n2)c1C. The molecular formula is C15H17N5OS. The maximum absolute atomic E-state index is 12.4. The summed E-state index contributed by atoms with van der Waals surface area (Å²) in [4.78, 5) is 20.8. The topological polar surface area (TPSA) is 65.1 Å². The molecule has 0 atom stereocenters. The van der Waals surface area contributed by atoms with Crippen LogP contribution in [0.25, 0.3) is 5.78 Å². The van der Waals surface area contributed by atoms with E-state index in [2.05, 4.69) is 26.6 Å². The lowest BCUT2D eigenvalue weighted by Crippen LogP contribution is -2.06. The van der Waals surface area contributed by atoms with Gasteiger partial charge in [0.2, 0.25) is 5.16 Å². The van der Waals surface area contributed by atoms with Gasteiger partial charge >= 0.3 is 0 Å². The second-order valence-corrected chi connectivity index (χ2v) is 5.94. The molecule has 0 aliphatic heterocycles. The molecule has 114 valence electrons. The van der Waals surface area contributed by atoms with E-state index >= 15 is 0 Å². The molecule has 0 saturated heterocycles. The minimum atomic E-state index is 0.101. The molecule has 6 nitrogen and oxygen atoms in total. The molecule has 0 radical (unpaired) electrons. The molecule has 3 aromatic heterocycles. The molecule has 0 aliphatic carbocycles. The number of ketones is 1. The van der Waals surface area contributed by atoms with Crippen molar-refractivity contribution in [2.75, 3.05) is 5.75 Å². The summed E-state index contributed by atoms with van der Waals surface area (Å²) in [5.41, 5.74) is 2.92. The fourth-order valence-corrected chi connectivity index (χ4v) is 3.26. The van der Waals surface area contributed by atoms with Gasteiger partial charge in [-0.1, -0.05) is 11.8 Å². The summed E-state index contributed by atoms with van der Waals surface area (Å²) in [5.74, 6) is 0.969. The van der Waals surface area contributed by atoms with Crippen molar-refractivity contribution in [2.45, 2.75) is 32.5 Å². The first-order valence-corrected chi connectivity index (χ1v) is 8.09. The predicted molar refractivity (Wildman–Crippen MR) is 85.4 cm³/mol. The van der Waals surface area contributed by atoms with E-state index in [0.29, 0.717) is 16.7 Å². The summed E-state index contributed by atoms with van der Waals surface area (Å²) >= 11 is 1.34. The zero-order valence-corrected chi connectivity index (χ0v) is 13.6. The highest BCUT2D eigenvalue weighted by Gasteiger charge is 2.16. The van der Waals surface area contributed by atoms with Gasteiger partial charge in [0.15, 0.2) is 5.78 Å². The molecule has 7 heteroatoms. The minimum Gasteiger partial charge on any atom is -0.349 e. The van der Waals surface area contributed by atoms with Crippen LogP contribution < -0.4 is 0 Å². The highest BCUT2D eigenvalue weighted by molar-refractivity contribution is 7.99. The molecule has 0 spiro atoms. The lowest BCUT2D eigenvalue weighted by Gasteiger charge is -2.05. The normalized spacial score (nSPS) is 11.2. The van der Waals surface area contributed by atoms with Crippen molar-refractivity contribution >= 4 is 23.3 Å². The zero-order valence-electron chi connectivity index (χ0n) is 12.8. The molecule has 0 unspecified atom stereocenters. The quantitative estimate of drug-likeness (QED) is 0.535. The first kappa shape index (κ1) is 14.8. The number of carbonyl (C=O) groups is 1. The van der Waals surface area contributed by atoms with Crippen LogP contribution in [0.15, 0.2) is 29.7 Å². The number of aromatic nitrogens is 5. The Morgan fingerprint density at radius 3 is 2.86 bits per heavy atom. The summed E-state index contributed by atoms with van der Waals surface area (Å²) in [6, 6.07) is 3.75. The van der Waals surface area contributed by atoms with E-state index < -0.39 is 0 Å². The van der Waals surface area contributed by atoms with Gasteiger partial charge in [-0.15, -0.1) is 5.10 Å². The summed E-state index contributed by atoms with van der Waals surface area (Å²) in [5, 5.41) is 4.85. The van der Waals surface area contributed by atoms with Crippen LogP contribution in [0, 0.1) is 13.8 Å². The van der Waals surface area contributed by atoms with Crippen LogP contribution in [-0.2, 0) is 6.54 Å². The third kappa shape index (κ3) is 2.64. The fraction of sp³-hybridized carbons (Fsp3) is 0.333. The van der Waals surface area contributed by atoms with Crippen molar-refractivity contribution in [2.24, 2.45) is 0 Å². The summed E-state index contributed by atoms with van der Waals surface area (Å²) < 4.78 is 3.75. The lowest BCUT2D eigenvalue weighted by molar-refractivity contribution is 0.102. The average molecular weight is 315 g/mol. The van der Waals surface area contributed by atoms with Crippen molar-refractivity contribution in [3.05, 3.63) is 41.5 Å². The maximum atomic E-state index is 12.4. The molecule has 3 rings (SSSR count). The Morgan fingerprint density at radius 1 is 1.36 bits per heavy atom. The Bertz CT molecular complexity index is 803.